The van der Waals surface area contributed by atoms with Crippen LogP contribution in [0.5, 0.6) is 0 Å². The van der Waals surface area contributed by atoms with Gasteiger partial charge in [-0.05, 0) is 40.0 Å². The molecular weight excluding hydrogens is 222 g/mol. The van der Waals surface area contributed by atoms with Crippen molar-refractivity contribution >= 4 is 0 Å². The van der Waals surface area contributed by atoms with Crippen molar-refractivity contribution in [3.63, 3.8) is 0 Å². The number of ether oxygens (including phenoxy) is 1. The fourth-order valence-corrected chi connectivity index (χ4v) is 3.02. The number of likely N-dealkylation sites (N-methyl/N-ethyl adjacent to an activating group) is 1. The summed E-state index contributed by atoms with van der Waals surface area (Å²) in [6, 6.07) is 0. The summed E-state index contributed by atoms with van der Waals surface area (Å²) < 4.78 is 7.12. The molecule has 0 radical (unpaired) electrons. The van der Waals surface area contributed by atoms with Crippen LogP contribution in [-0.2, 0) is 4.74 Å². The van der Waals surface area contributed by atoms with Crippen molar-refractivity contribution < 1.29 is 9.22 Å². The van der Waals surface area contributed by atoms with E-state index in [1.54, 1.807) is 0 Å². The first-order valence-electron chi connectivity index (χ1n) is 7.65. The molecule has 1 rings (SSSR count). The zero-order chi connectivity index (χ0) is 13.6. The van der Waals surface area contributed by atoms with Gasteiger partial charge in [0.1, 0.15) is 12.6 Å². The van der Waals surface area contributed by atoms with E-state index in [4.69, 9.17) is 4.74 Å². The summed E-state index contributed by atoms with van der Waals surface area (Å²) in [6.45, 7) is 16.2. The monoisotopic (exact) mass is 254 g/mol. The molecule has 0 aromatic heterocycles. The highest BCUT2D eigenvalue weighted by Gasteiger charge is 2.35. The van der Waals surface area contributed by atoms with Gasteiger partial charge in [-0.3, -0.25) is 0 Å². The summed E-state index contributed by atoms with van der Waals surface area (Å²) in [6.07, 6.45) is 8.43. The number of hydrogen-bond donors (Lipinski definition) is 0. The first-order chi connectivity index (χ1) is 8.49. The maximum atomic E-state index is 5.96. The summed E-state index contributed by atoms with van der Waals surface area (Å²) in [5.41, 5.74) is 0.358. The molecule has 0 amide bonds. The molecule has 1 aliphatic rings. The molecule has 1 fully saturated rings. The van der Waals surface area contributed by atoms with Crippen LogP contribution < -0.4 is 0 Å². The predicted octanol–water partition coefficient (Wildman–Crippen LogP) is 3.97. The van der Waals surface area contributed by atoms with Gasteiger partial charge < -0.3 is 9.22 Å². The Morgan fingerprint density at radius 1 is 1.17 bits per heavy atom. The third-order valence-corrected chi connectivity index (χ3v) is 5.00. The molecule has 2 nitrogen and oxygen atoms in total. The van der Waals surface area contributed by atoms with E-state index in [1.165, 1.54) is 38.9 Å². The molecule has 0 saturated heterocycles. The highest BCUT2D eigenvalue weighted by Crippen LogP contribution is 2.39. The second-order valence-corrected chi connectivity index (χ2v) is 6.35. The minimum absolute atomic E-state index is 0.358. The van der Waals surface area contributed by atoms with Gasteiger partial charge in [-0.25, -0.2) is 0 Å². The van der Waals surface area contributed by atoms with E-state index in [0.29, 0.717) is 11.5 Å². The van der Waals surface area contributed by atoms with Gasteiger partial charge in [0.05, 0.1) is 25.9 Å². The number of nitrogens with zero attached hydrogens (tertiary/aromatic N) is 1. The standard InChI is InChI=1S/C16H32NO/c1-6-17(7-2,8-3)13-10-14-18-15-11-9-12-16(15,4)5/h10,14-15H,6-9,11-13H2,1-5H3/q+1/b14-10+. The first kappa shape index (κ1) is 15.6. The Bertz CT molecular complexity index is 258. The van der Waals surface area contributed by atoms with Gasteiger partial charge in [-0.2, -0.15) is 0 Å². The zero-order valence-corrected chi connectivity index (χ0v) is 13.0. The van der Waals surface area contributed by atoms with Crippen LogP contribution in [0, 0.1) is 5.41 Å². The summed E-state index contributed by atoms with van der Waals surface area (Å²) in [4.78, 5) is 0. The lowest BCUT2D eigenvalue weighted by molar-refractivity contribution is -0.917. The van der Waals surface area contributed by atoms with E-state index in [9.17, 15) is 0 Å². The van der Waals surface area contributed by atoms with E-state index in [-0.39, 0.29) is 0 Å². The van der Waals surface area contributed by atoms with Crippen LogP contribution in [-0.4, -0.2) is 36.8 Å². The molecule has 0 aromatic carbocycles. The van der Waals surface area contributed by atoms with Crippen LogP contribution in [0.15, 0.2) is 12.3 Å². The van der Waals surface area contributed by atoms with Crippen molar-refractivity contribution in [1.82, 2.24) is 0 Å². The molecular formula is C16H32NO+. The van der Waals surface area contributed by atoms with Gasteiger partial charge in [0.2, 0.25) is 0 Å². The average Bonchev–Trinajstić information content (AvgIpc) is 2.70. The SMILES string of the molecule is CC[N+](CC)(CC)C/C=C/OC1CCCC1(C)C. The average molecular weight is 254 g/mol. The molecule has 0 bridgehead atoms. The molecule has 106 valence electrons. The van der Waals surface area contributed by atoms with Crippen LogP contribution in [0.4, 0.5) is 0 Å². The Balaban J connectivity index is 2.41. The van der Waals surface area contributed by atoms with Crippen molar-refractivity contribution in [2.45, 2.75) is 60.0 Å². The maximum absolute atomic E-state index is 5.96. The molecule has 18 heavy (non-hydrogen) atoms. The van der Waals surface area contributed by atoms with Crippen LogP contribution in [0.1, 0.15) is 53.9 Å². The van der Waals surface area contributed by atoms with Crippen LogP contribution in [0.2, 0.25) is 0 Å². The second-order valence-electron chi connectivity index (χ2n) is 6.35. The molecule has 0 N–H and O–H groups in total. The van der Waals surface area contributed by atoms with Crippen molar-refractivity contribution in [3.05, 3.63) is 12.3 Å². The first-order valence-corrected chi connectivity index (χ1v) is 7.65. The highest BCUT2D eigenvalue weighted by molar-refractivity contribution is 4.88. The van der Waals surface area contributed by atoms with Gasteiger partial charge in [0.25, 0.3) is 0 Å². The van der Waals surface area contributed by atoms with Gasteiger partial charge >= 0.3 is 0 Å². The summed E-state index contributed by atoms with van der Waals surface area (Å²) in [5, 5.41) is 0. The molecule has 0 heterocycles. The van der Waals surface area contributed by atoms with Crippen molar-refractivity contribution in [2.75, 3.05) is 26.2 Å². The lowest BCUT2D eigenvalue weighted by Gasteiger charge is -2.34. The Kier molecular flexibility index (Phi) is 5.71. The topological polar surface area (TPSA) is 9.23 Å². The fourth-order valence-electron chi connectivity index (χ4n) is 3.02. The molecule has 2 heteroatoms. The second kappa shape index (κ2) is 6.60. The molecule has 1 atom stereocenters. The van der Waals surface area contributed by atoms with Gasteiger partial charge in [0.15, 0.2) is 0 Å². The zero-order valence-electron chi connectivity index (χ0n) is 13.0. The summed E-state index contributed by atoms with van der Waals surface area (Å²) in [7, 11) is 0. The van der Waals surface area contributed by atoms with E-state index >= 15 is 0 Å². The van der Waals surface area contributed by atoms with E-state index in [0.717, 1.165) is 11.0 Å². The molecule has 0 aromatic rings. The van der Waals surface area contributed by atoms with Crippen LogP contribution in [0.3, 0.4) is 0 Å². The Morgan fingerprint density at radius 2 is 1.78 bits per heavy atom. The minimum atomic E-state index is 0.358. The molecule has 0 aliphatic heterocycles. The summed E-state index contributed by atoms with van der Waals surface area (Å²) >= 11 is 0. The Hall–Kier alpha value is -0.500. The highest BCUT2D eigenvalue weighted by atomic mass is 16.5. The van der Waals surface area contributed by atoms with E-state index < -0.39 is 0 Å². The number of hydrogen-bond acceptors (Lipinski definition) is 1. The lowest BCUT2D eigenvalue weighted by atomic mass is 9.89. The van der Waals surface area contributed by atoms with Crippen molar-refractivity contribution in [2.24, 2.45) is 5.41 Å². The van der Waals surface area contributed by atoms with Gasteiger partial charge in [0, 0.05) is 11.5 Å². The Labute approximate surface area is 114 Å². The van der Waals surface area contributed by atoms with Gasteiger partial charge in [-0.15, -0.1) is 0 Å². The third kappa shape index (κ3) is 3.74. The fraction of sp³-hybridized carbons (Fsp3) is 0.875. The van der Waals surface area contributed by atoms with Crippen molar-refractivity contribution in [1.29, 1.82) is 0 Å². The molecule has 0 spiro atoms. The summed E-state index contributed by atoms with van der Waals surface area (Å²) in [5.74, 6) is 0. The quantitative estimate of drug-likeness (QED) is 0.493. The van der Waals surface area contributed by atoms with Crippen molar-refractivity contribution in [3.8, 4) is 0 Å². The third-order valence-electron chi connectivity index (χ3n) is 5.00. The smallest absolute Gasteiger partial charge is 0.103 e. The van der Waals surface area contributed by atoms with Crippen LogP contribution in [0.25, 0.3) is 0 Å². The van der Waals surface area contributed by atoms with E-state index in [1.807, 2.05) is 6.26 Å². The Morgan fingerprint density at radius 3 is 2.22 bits per heavy atom. The normalized spacial score (nSPS) is 23.7. The predicted molar refractivity (Wildman–Crippen MR) is 78.4 cm³/mol. The largest absolute Gasteiger partial charge is 0.498 e. The van der Waals surface area contributed by atoms with E-state index in [2.05, 4.69) is 40.7 Å². The molecule has 1 saturated carbocycles. The number of quaternary nitrogens is 1. The molecule has 1 unspecified atom stereocenters. The van der Waals surface area contributed by atoms with Crippen LogP contribution >= 0.6 is 0 Å². The van der Waals surface area contributed by atoms with Gasteiger partial charge in [-0.1, -0.05) is 13.8 Å². The lowest BCUT2D eigenvalue weighted by Crippen LogP contribution is -2.47. The maximum Gasteiger partial charge on any atom is 0.103 e. The number of rotatable bonds is 7. The minimum Gasteiger partial charge on any atom is -0.498 e. The molecule has 1 aliphatic carbocycles.